The fourth-order valence-corrected chi connectivity index (χ4v) is 4.61. The van der Waals surface area contributed by atoms with Gasteiger partial charge in [0.2, 0.25) is 5.91 Å². The number of carbonyl (C=O) groups is 2. The van der Waals surface area contributed by atoms with E-state index in [1.165, 1.54) is 0 Å². The Balaban J connectivity index is 1.56. The average molecular weight is 419 g/mol. The van der Waals surface area contributed by atoms with E-state index in [1.54, 1.807) is 43.1 Å². The largest absolute Gasteiger partial charge is 0.497 e. The SMILES string of the molecule is COc1ccc(C(=O)Nc2cccc([C@@H]3SCC(=O)N3c3cccc(C)c3)c2)cc1. The summed E-state index contributed by atoms with van der Waals surface area (Å²) in [6.07, 6.45) is 0. The van der Waals surface area contributed by atoms with Gasteiger partial charge in [0, 0.05) is 16.9 Å². The summed E-state index contributed by atoms with van der Waals surface area (Å²) in [6.45, 7) is 2.02. The van der Waals surface area contributed by atoms with Crippen molar-refractivity contribution in [3.63, 3.8) is 0 Å². The van der Waals surface area contributed by atoms with E-state index in [0.717, 1.165) is 16.8 Å². The maximum atomic E-state index is 12.6. The van der Waals surface area contributed by atoms with Gasteiger partial charge in [0.05, 0.1) is 12.9 Å². The van der Waals surface area contributed by atoms with Crippen LogP contribution in [-0.2, 0) is 4.79 Å². The van der Waals surface area contributed by atoms with Crippen molar-refractivity contribution in [2.45, 2.75) is 12.3 Å². The van der Waals surface area contributed by atoms with Crippen LogP contribution in [0.1, 0.15) is 26.9 Å². The van der Waals surface area contributed by atoms with E-state index < -0.39 is 0 Å². The number of hydrogen-bond acceptors (Lipinski definition) is 4. The Morgan fingerprint density at radius 2 is 1.83 bits per heavy atom. The standard InChI is InChI=1S/C24H22N2O3S/c1-16-5-3-8-20(13-16)26-22(27)15-30-24(26)18-6-4-7-19(14-18)25-23(28)17-9-11-21(29-2)12-10-17/h3-14,24H,15H2,1-2H3,(H,25,28)/t24-/m0/s1. The van der Waals surface area contributed by atoms with Crippen molar-refractivity contribution < 1.29 is 14.3 Å². The fourth-order valence-electron chi connectivity index (χ4n) is 3.44. The number of thioether (sulfide) groups is 1. The quantitative estimate of drug-likeness (QED) is 0.631. The second-order valence-corrected chi connectivity index (χ2v) is 8.14. The minimum atomic E-state index is -0.194. The molecule has 152 valence electrons. The van der Waals surface area contributed by atoms with Crippen molar-refractivity contribution in [1.82, 2.24) is 0 Å². The predicted molar refractivity (Wildman–Crippen MR) is 121 cm³/mol. The Hall–Kier alpha value is -3.25. The Morgan fingerprint density at radius 1 is 1.07 bits per heavy atom. The van der Waals surface area contributed by atoms with Crippen LogP contribution in [0.3, 0.4) is 0 Å². The second-order valence-electron chi connectivity index (χ2n) is 7.07. The lowest BCUT2D eigenvalue weighted by Gasteiger charge is -2.25. The van der Waals surface area contributed by atoms with Gasteiger partial charge in [0.15, 0.2) is 0 Å². The van der Waals surface area contributed by atoms with Crippen LogP contribution in [0.15, 0.2) is 72.8 Å². The fraction of sp³-hybridized carbons (Fsp3) is 0.167. The first kappa shape index (κ1) is 20.0. The van der Waals surface area contributed by atoms with Gasteiger partial charge in [-0.2, -0.15) is 0 Å². The maximum Gasteiger partial charge on any atom is 0.255 e. The molecule has 0 aromatic heterocycles. The molecule has 4 rings (SSSR count). The van der Waals surface area contributed by atoms with Crippen molar-refractivity contribution in [2.24, 2.45) is 0 Å². The smallest absolute Gasteiger partial charge is 0.255 e. The highest BCUT2D eigenvalue weighted by atomic mass is 32.2. The summed E-state index contributed by atoms with van der Waals surface area (Å²) in [7, 11) is 1.59. The van der Waals surface area contributed by atoms with Crippen molar-refractivity contribution in [1.29, 1.82) is 0 Å². The summed E-state index contributed by atoms with van der Waals surface area (Å²) in [5.74, 6) is 1.03. The molecule has 5 nitrogen and oxygen atoms in total. The third-order valence-corrected chi connectivity index (χ3v) is 6.14. The van der Waals surface area contributed by atoms with Crippen LogP contribution in [0, 0.1) is 6.92 Å². The number of nitrogens with one attached hydrogen (secondary N) is 1. The molecule has 1 heterocycles. The Morgan fingerprint density at radius 3 is 2.57 bits per heavy atom. The van der Waals surface area contributed by atoms with Gasteiger partial charge in [-0.25, -0.2) is 0 Å². The van der Waals surface area contributed by atoms with Crippen LogP contribution in [-0.4, -0.2) is 24.7 Å². The van der Waals surface area contributed by atoms with Gasteiger partial charge in [-0.15, -0.1) is 11.8 Å². The molecule has 0 spiro atoms. The third kappa shape index (κ3) is 4.19. The zero-order valence-electron chi connectivity index (χ0n) is 16.8. The molecule has 1 saturated heterocycles. The number of rotatable bonds is 5. The van der Waals surface area contributed by atoms with Gasteiger partial charge < -0.3 is 10.1 Å². The number of carbonyl (C=O) groups excluding carboxylic acids is 2. The molecule has 0 radical (unpaired) electrons. The molecule has 1 atom stereocenters. The van der Waals surface area contributed by atoms with Gasteiger partial charge in [-0.05, 0) is 66.6 Å². The summed E-state index contributed by atoms with van der Waals surface area (Å²) >= 11 is 1.59. The van der Waals surface area contributed by atoms with E-state index in [1.807, 2.05) is 60.4 Å². The molecule has 30 heavy (non-hydrogen) atoms. The number of hydrogen-bond donors (Lipinski definition) is 1. The minimum Gasteiger partial charge on any atom is -0.497 e. The van der Waals surface area contributed by atoms with Crippen LogP contribution in [0.4, 0.5) is 11.4 Å². The minimum absolute atomic E-state index is 0.0864. The first-order chi connectivity index (χ1) is 14.5. The summed E-state index contributed by atoms with van der Waals surface area (Å²) < 4.78 is 5.14. The van der Waals surface area contributed by atoms with E-state index >= 15 is 0 Å². The molecule has 2 amide bonds. The summed E-state index contributed by atoms with van der Waals surface area (Å²) in [5.41, 5.74) is 4.21. The molecule has 0 bridgehead atoms. The molecule has 1 aliphatic heterocycles. The molecule has 6 heteroatoms. The number of ether oxygens (including phenoxy) is 1. The summed E-state index contributed by atoms with van der Waals surface area (Å²) in [4.78, 5) is 27.0. The van der Waals surface area contributed by atoms with Crippen molar-refractivity contribution >= 4 is 35.0 Å². The predicted octanol–water partition coefficient (Wildman–Crippen LogP) is 5.03. The van der Waals surface area contributed by atoms with Gasteiger partial charge >= 0.3 is 0 Å². The van der Waals surface area contributed by atoms with Crippen LogP contribution < -0.4 is 15.0 Å². The normalized spacial score (nSPS) is 15.9. The van der Waals surface area contributed by atoms with E-state index in [2.05, 4.69) is 5.32 Å². The highest BCUT2D eigenvalue weighted by Gasteiger charge is 2.34. The Kier molecular flexibility index (Phi) is 5.77. The molecular formula is C24H22N2O3S. The molecule has 1 aliphatic rings. The van der Waals surface area contributed by atoms with Crippen molar-refractivity contribution in [2.75, 3.05) is 23.1 Å². The van der Waals surface area contributed by atoms with Crippen LogP contribution in [0.25, 0.3) is 0 Å². The Bertz CT molecular complexity index is 1080. The van der Waals surface area contributed by atoms with Crippen LogP contribution in [0.2, 0.25) is 0 Å². The average Bonchev–Trinajstić information content (AvgIpc) is 3.15. The number of anilines is 2. The van der Waals surface area contributed by atoms with E-state index in [0.29, 0.717) is 22.8 Å². The lowest BCUT2D eigenvalue weighted by Crippen LogP contribution is -2.27. The Labute approximate surface area is 180 Å². The molecule has 1 fully saturated rings. The number of nitrogens with zero attached hydrogens (tertiary/aromatic N) is 1. The van der Waals surface area contributed by atoms with Crippen molar-refractivity contribution in [3.8, 4) is 5.75 Å². The first-order valence-electron chi connectivity index (χ1n) is 9.61. The van der Waals surface area contributed by atoms with Gasteiger partial charge in [-0.1, -0.05) is 24.3 Å². The summed E-state index contributed by atoms with van der Waals surface area (Å²) in [6, 6.07) is 22.6. The monoisotopic (exact) mass is 418 g/mol. The highest BCUT2D eigenvalue weighted by Crippen LogP contribution is 2.42. The zero-order valence-corrected chi connectivity index (χ0v) is 17.6. The number of methoxy groups -OCH3 is 1. The molecule has 0 unspecified atom stereocenters. The van der Waals surface area contributed by atoms with E-state index in [9.17, 15) is 9.59 Å². The molecule has 3 aromatic rings. The number of aryl methyl sites for hydroxylation is 1. The molecule has 0 aliphatic carbocycles. The number of amides is 2. The number of benzene rings is 3. The molecule has 3 aromatic carbocycles. The lowest BCUT2D eigenvalue weighted by molar-refractivity contribution is -0.115. The van der Waals surface area contributed by atoms with Gasteiger partial charge in [-0.3, -0.25) is 14.5 Å². The molecule has 1 N–H and O–H groups in total. The molecule has 0 saturated carbocycles. The zero-order chi connectivity index (χ0) is 21.1. The topological polar surface area (TPSA) is 58.6 Å². The van der Waals surface area contributed by atoms with E-state index in [-0.39, 0.29) is 17.2 Å². The first-order valence-corrected chi connectivity index (χ1v) is 10.7. The van der Waals surface area contributed by atoms with Gasteiger partial charge in [0.25, 0.3) is 5.91 Å². The van der Waals surface area contributed by atoms with Crippen LogP contribution in [0.5, 0.6) is 5.75 Å². The van der Waals surface area contributed by atoms with Crippen molar-refractivity contribution in [3.05, 3.63) is 89.5 Å². The lowest BCUT2D eigenvalue weighted by atomic mass is 10.1. The molecular weight excluding hydrogens is 396 g/mol. The summed E-state index contributed by atoms with van der Waals surface area (Å²) in [5, 5.41) is 2.81. The second kappa shape index (κ2) is 8.63. The van der Waals surface area contributed by atoms with E-state index in [4.69, 9.17) is 4.74 Å². The van der Waals surface area contributed by atoms with Gasteiger partial charge in [0.1, 0.15) is 11.1 Å². The third-order valence-electron chi connectivity index (χ3n) is 4.93. The van der Waals surface area contributed by atoms with Crippen LogP contribution >= 0.6 is 11.8 Å². The maximum absolute atomic E-state index is 12.6. The highest BCUT2D eigenvalue weighted by molar-refractivity contribution is 8.00.